The molecule has 0 atom stereocenters. The number of rotatable bonds is 3. The van der Waals surface area contributed by atoms with Gasteiger partial charge in [0.1, 0.15) is 0 Å². The molecule has 2 rings (SSSR count). The van der Waals surface area contributed by atoms with Gasteiger partial charge in [-0.3, -0.25) is 0 Å². The number of hydrogen-bond donors (Lipinski definition) is 1. The molecule has 2 nitrogen and oxygen atoms in total. The lowest BCUT2D eigenvalue weighted by atomic mass is 9.89. The van der Waals surface area contributed by atoms with Crippen molar-refractivity contribution in [2.24, 2.45) is 11.7 Å². The van der Waals surface area contributed by atoms with Crippen molar-refractivity contribution in [2.45, 2.75) is 32.1 Å². The van der Waals surface area contributed by atoms with Crippen LogP contribution in [0.15, 0.2) is 23.9 Å². The van der Waals surface area contributed by atoms with E-state index in [1.807, 2.05) is 0 Å². The maximum atomic E-state index is 5.59. The highest BCUT2D eigenvalue weighted by atomic mass is 15.1. The maximum absolute atomic E-state index is 5.59. The van der Waals surface area contributed by atoms with Gasteiger partial charge in [0.15, 0.2) is 0 Å². The van der Waals surface area contributed by atoms with Crippen molar-refractivity contribution in [1.82, 2.24) is 4.90 Å². The Morgan fingerprint density at radius 1 is 1.27 bits per heavy atom. The van der Waals surface area contributed by atoms with Crippen molar-refractivity contribution in [1.29, 1.82) is 0 Å². The summed E-state index contributed by atoms with van der Waals surface area (Å²) in [5, 5.41) is 0. The smallest absolute Gasteiger partial charge is 0.0360 e. The van der Waals surface area contributed by atoms with Crippen LogP contribution in [0, 0.1) is 5.92 Å². The third-order valence-electron chi connectivity index (χ3n) is 3.54. The van der Waals surface area contributed by atoms with E-state index in [4.69, 9.17) is 5.73 Å². The lowest BCUT2D eigenvalue weighted by Crippen LogP contribution is -2.28. The van der Waals surface area contributed by atoms with E-state index in [2.05, 4.69) is 23.3 Å². The molecule has 15 heavy (non-hydrogen) atoms. The summed E-state index contributed by atoms with van der Waals surface area (Å²) in [7, 11) is 0. The van der Waals surface area contributed by atoms with E-state index in [0.717, 1.165) is 12.5 Å². The third kappa shape index (κ3) is 3.10. The van der Waals surface area contributed by atoms with Crippen molar-refractivity contribution >= 4 is 0 Å². The van der Waals surface area contributed by atoms with Crippen LogP contribution in [0.1, 0.15) is 32.1 Å². The Hall–Kier alpha value is -0.760. The SMILES string of the molecule is NCC1=CCN(CC2CCCCC2)C=C1. The molecule has 1 fully saturated rings. The summed E-state index contributed by atoms with van der Waals surface area (Å²) < 4.78 is 0. The van der Waals surface area contributed by atoms with Crippen LogP contribution in [-0.2, 0) is 0 Å². The standard InChI is InChI=1S/C13H22N2/c14-10-12-6-8-15(9-7-12)11-13-4-2-1-3-5-13/h6-8,13H,1-5,9-11,14H2. The largest absolute Gasteiger partial charge is 0.373 e. The van der Waals surface area contributed by atoms with Gasteiger partial charge in [0.2, 0.25) is 0 Å². The summed E-state index contributed by atoms with van der Waals surface area (Å²) in [6.45, 7) is 2.97. The Balaban J connectivity index is 1.77. The first-order valence-electron chi connectivity index (χ1n) is 6.20. The molecule has 2 heteroatoms. The predicted octanol–water partition coefficient (Wildman–Crippen LogP) is 2.28. The Morgan fingerprint density at radius 3 is 2.67 bits per heavy atom. The lowest BCUT2D eigenvalue weighted by molar-refractivity contribution is 0.266. The van der Waals surface area contributed by atoms with Crippen LogP contribution in [0.3, 0.4) is 0 Å². The lowest BCUT2D eigenvalue weighted by Gasteiger charge is -2.29. The van der Waals surface area contributed by atoms with Gasteiger partial charge in [-0.15, -0.1) is 0 Å². The van der Waals surface area contributed by atoms with Gasteiger partial charge in [-0.05, 0) is 36.6 Å². The summed E-state index contributed by atoms with van der Waals surface area (Å²) in [5.74, 6) is 0.927. The Morgan fingerprint density at radius 2 is 2.07 bits per heavy atom. The summed E-state index contributed by atoms with van der Waals surface area (Å²) >= 11 is 0. The molecule has 1 aliphatic heterocycles. The van der Waals surface area contributed by atoms with E-state index in [9.17, 15) is 0 Å². The molecule has 1 heterocycles. The fourth-order valence-corrected chi connectivity index (χ4v) is 2.55. The van der Waals surface area contributed by atoms with E-state index in [0.29, 0.717) is 6.54 Å². The molecule has 2 aliphatic rings. The first kappa shape index (κ1) is 10.7. The van der Waals surface area contributed by atoms with Gasteiger partial charge < -0.3 is 10.6 Å². The highest BCUT2D eigenvalue weighted by Crippen LogP contribution is 2.24. The fraction of sp³-hybridized carbons (Fsp3) is 0.692. The summed E-state index contributed by atoms with van der Waals surface area (Å²) in [4.78, 5) is 2.43. The van der Waals surface area contributed by atoms with Crippen LogP contribution >= 0.6 is 0 Å². The van der Waals surface area contributed by atoms with Crippen LogP contribution in [0.4, 0.5) is 0 Å². The van der Waals surface area contributed by atoms with E-state index in [1.165, 1.54) is 44.2 Å². The topological polar surface area (TPSA) is 29.3 Å². The maximum Gasteiger partial charge on any atom is 0.0360 e. The number of hydrogen-bond acceptors (Lipinski definition) is 2. The Labute approximate surface area is 92.8 Å². The third-order valence-corrected chi connectivity index (χ3v) is 3.54. The van der Waals surface area contributed by atoms with Gasteiger partial charge in [-0.25, -0.2) is 0 Å². The van der Waals surface area contributed by atoms with Gasteiger partial charge >= 0.3 is 0 Å². The molecule has 0 aromatic carbocycles. The quantitative estimate of drug-likeness (QED) is 0.767. The molecule has 84 valence electrons. The van der Waals surface area contributed by atoms with Crippen molar-refractivity contribution in [3.05, 3.63) is 23.9 Å². The fourth-order valence-electron chi connectivity index (χ4n) is 2.55. The van der Waals surface area contributed by atoms with Crippen molar-refractivity contribution < 1.29 is 0 Å². The van der Waals surface area contributed by atoms with Crippen LogP contribution < -0.4 is 5.73 Å². The zero-order chi connectivity index (χ0) is 10.5. The van der Waals surface area contributed by atoms with E-state index >= 15 is 0 Å². The van der Waals surface area contributed by atoms with Crippen molar-refractivity contribution in [2.75, 3.05) is 19.6 Å². The minimum atomic E-state index is 0.674. The average molecular weight is 206 g/mol. The molecule has 0 bridgehead atoms. The van der Waals surface area contributed by atoms with E-state index in [1.54, 1.807) is 0 Å². The van der Waals surface area contributed by atoms with Gasteiger partial charge in [0.25, 0.3) is 0 Å². The normalized spacial score (nSPS) is 23.0. The molecular formula is C13H22N2. The molecule has 1 saturated carbocycles. The van der Waals surface area contributed by atoms with Crippen LogP contribution in [0.5, 0.6) is 0 Å². The zero-order valence-electron chi connectivity index (χ0n) is 9.49. The second-order valence-electron chi connectivity index (χ2n) is 4.76. The van der Waals surface area contributed by atoms with Gasteiger partial charge in [-0.1, -0.05) is 25.3 Å². The summed E-state index contributed by atoms with van der Waals surface area (Å²) in [6, 6.07) is 0. The molecule has 0 spiro atoms. The van der Waals surface area contributed by atoms with Gasteiger partial charge in [0, 0.05) is 19.6 Å². The molecule has 0 saturated heterocycles. The molecule has 0 amide bonds. The van der Waals surface area contributed by atoms with E-state index in [-0.39, 0.29) is 0 Å². The first-order chi connectivity index (χ1) is 7.38. The minimum absolute atomic E-state index is 0.674. The summed E-state index contributed by atoms with van der Waals surface area (Å²) in [5.41, 5.74) is 6.87. The zero-order valence-corrected chi connectivity index (χ0v) is 9.49. The second-order valence-corrected chi connectivity index (χ2v) is 4.76. The molecule has 0 radical (unpaired) electrons. The van der Waals surface area contributed by atoms with Crippen molar-refractivity contribution in [3.63, 3.8) is 0 Å². The second kappa shape index (κ2) is 5.36. The average Bonchev–Trinajstić information content (AvgIpc) is 2.31. The van der Waals surface area contributed by atoms with E-state index < -0.39 is 0 Å². The van der Waals surface area contributed by atoms with Gasteiger partial charge in [-0.2, -0.15) is 0 Å². The molecule has 0 aromatic rings. The minimum Gasteiger partial charge on any atom is -0.373 e. The van der Waals surface area contributed by atoms with Crippen LogP contribution in [0.2, 0.25) is 0 Å². The molecule has 0 aromatic heterocycles. The van der Waals surface area contributed by atoms with Crippen molar-refractivity contribution in [3.8, 4) is 0 Å². The predicted molar refractivity (Wildman–Crippen MR) is 64.4 cm³/mol. The Kier molecular flexibility index (Phi) is 3.84. The monoisotopic (exact) mass is 206 g/mol. The molecular weight excluding hydrogens is 184 g/mol. The first-order valence-corrected chi connectivity index (χ1v) is 6.20. The number of nitrogens with zero attached hydrogens (tertiary/aromatic N) is 1. The number of nitrogens with two attached hydrogens (primary N) is 1. The highest BCUT2D eigenvalue weighted by Gasteiger charge is 2.15. The molecule has 0 unspecified atom stereocenters. The summed E-state index contributed by atoms with van der Waals surface area (Å²) in [6.07, 6.45) is 13.8. The van der Waals surface area contributed by atoms with Gasteiger partial charge in [0.05, 0.1) is 0 Å². The Bertz CT molecular complexity index is 249. The highest BCUT2D eigenvalue weighted by molar-refractivity contribution is 5.23. The van der Waals surface area contributed by atoms with Crippen LogP contribution in [-0.4, -0.2) is 24.5 Å². The molecule has 2 N–H and O–H groups in total. The molecule has 1 aliphatic carbocycles. The van der Waals surface area contributed by atoms with Crippen LogP contribution in [0.25, 0.3) is 0 Å².